The van der Waals surface area contributed by atoms with Crippen molar-refractivity contribution in [2.75, 3.05) is 25.1 Å². The van der Waals surface area contributed by atoms with Crippen LogP contribution in [0.25, 0.3) is 11.5 Å². The minimum absolute atomic E-state index is 0.103. The van der Waals surface area contributed by atoms with Crippen molar-refractivity contribution >= 4 is 59.2 Å². The van der Waals surface area contributed by atoms with E-state index in [1.54, 1.807) is 27.7 Å². The van der Waals surface area contributed by atoms with Crippen LogP contribution in [0.1, 0.15) is 27.7 Å². The minimum Gasteiger partial charge on any atom is -0.444 e. The largest absolute Gasteiger partial charge is 0.444 e. The molecule has 1 aliphatic heterocycles. The Morgan fingerprint density at radius 1 is 1.23 bits per heavy atom. The van der Waals surface area contributed by atoms with Crippen molar-refractivity contribution in [1.82, 2.24) is 40.0 Å². The zero-order chi connectivity index (χ0) is 29.0. The molecule has 16 heteroatoms. The van der Waals surface area contributed by atoms with Gasteiger partial charge in [-0.25, -0.2) is 24.2 Å². The molecule has 1 atom stereocenters. The number of aromatic nitrogens is 6. The number of carbonyl (C=O) groups excluding carboxylic acids is 2. The van der Waals surface area contributed by atoms with Crippen molar-refractivity contribution < 1.29 is 19.1 Å². The highest BCUT2D eigenvalue weighted by molar-refractivity contribution is 6.32. The molecule has 3 amide bonds. The summed E-state index contributed by atoms with van der Waals surface area (Å²) in [5, 5.41) is 18.2. The summed E-state index contributed by atoms with van der Waals surface area (Å²) < 4.78 is 12.8. The lowest BCUT2D eigenvalue weighted by molar-refractivity contribution is -0.0209. The first-order valence-corrected chi connectivity index (χ1v) is 12.8. The fourth-order valence-electron chi connectivity index (χ4n) is 3.92. The Balaban J connectivity index is 1.65. The molecule has 14 nitrogen and oxygen atoms in total. The highest BCUT2D eigenvalue weighted by atomic mass is 35.5. The first-order valence-electron chi connectivity index (χ1n) is 12.1. The summed E-state index contributed by atoms with van der Waals surface area (Å²) in [5.74, 6) is 0.602. The Morgan fingerprint density at radius 3 is 2.60 bits per heavy atom. The molecular formula is C24H28Cl2N10O4. The van der Waals surface area contributed by atoms with E-state index in [0.29, 0.717) is 35.3 Å². The maximum Gasteiger partial charge on any atom is 0.411 e. The van der Waals surface area contributed by atoms with Gasteiger partial charge in [0, 0.05) is 18.3 Å². The van der Waals surface area contributed by atoms with Crippen LogP contribution in [0.15, 0.2) is 41.4 Å². The molecule has 1 saturated heterocycles. The molecule has 0 bridgehead atoms. The number of ether oxygens (including phenoxy) is 2. The maximum atomic E-state index is 13.2. The average molecular weight is 591 g/mol. The molecule has 3 aromatic heterocycles. The Bertz CT molecular complexity index is 1430. The Labute approximate surface area is 239 Å². The SMILES string of the molecule is C=Nc1cc(Cl)nn1/C(=C(\C)NC(=O)Nc1cnc(-n2nccn2)c(Cl)c1)C1COCCN1C(=O)OC(C)(C)C. The molecule has 4 heterocycles. The van der Waals surface area contributed by atoms with Crippen LogP contribution in [0.3, 0.4) is 0 Å². The lowest BCUT2D eigenvalue weighted by Crippen LogP contribution is -2.52. The Morgan fingerprint density at radius 2 is 1.95 bits per heavy atom. The molecule has 0 aliphatic carbocycles. The van der Waals surface area contributed by atoms with Crippen LogP contribution in [-0.4, -0.2) is 84.9 Å². The number of pyridine rings is 1. The molecule has 1 unspecified atom stereocenters. The predicted octanol–water partition coefficient (Wildman–Crippen LogP) is 4.14. The fourth-order valence-corrected chi connectivity index (χ4v) is 4.34. The van der Waals surface area contributed by atoms with Gasteiger partial charge in [0.25, 0.3) is 0 Å². The van der Waals surface area contributed by atoms with Gasteiger partial charge < -0.3 is 20.1 Å². The van der Waals surface area contributed by atoms with E-state index in [2.05, 4.69) is 42.6 Å². The van der Waals surface area contributed by atoms with Gasteiger partial charge in [0.2, 0.25) is 0 Å². The number of morpholine rings is 1. The number of anilines is 1. The summed E-state index contributed by atoms with van der Waals surface area (Å²) in [6, 6.07) is 1.70. The van der Waals surface area contributed by atoms with Crippen LogP contribution in [0.4, 0.5) is 21.1 Å². The third-order valence-corrected chi connectivity index (χ3v) is 5.96. The average Bonchev–Trinajstić information content (AvgIpc) is 3.53. The number of hydrogen-bond acceptors (Lipinski definition) is 9. The molecule has 3 aromatic rings. The highest BCUT2D eigenvalue weighted by Gasteiger charge is 2.36. The molecule has 40 heavy (non-hydrogen) atoms. The zero-order valence-corrected chi connectivity index (χ0v) is 23.8. The molecule has 0 spiro atoms. The van der Waals surface area contributed by atoms with Crippen LogP contribution < -0.4 is 10.6 Å². The van der Waals surface area contributed by atoms with E-state index in [9.17, 15) is 9.59 Å². The van der Waals surface area contributed by atoms with Crippen molar-refractivity contribution in [3.8, 4) is 5.82 Å². The second-order valence-electron chi connectivity index (χ2n) is 9.60. The van der Waals surface area contributed by atoms with Gasteiger partial charge in [-0.05, 0) is 40.5 Å². The van der Waals surface area contributed by atoms with Crippen molar-refractivity contribution in [1.29, 1.82) is 0 Å². The fraction of sp³-hybridized carbons (Fsp3) is 0.375. The maximum absolute atomic E-state index is 13.2. The summed E-state index contributed by atoms with van der Waals surface area (Å²) in [4.78, 5) is 37.2. The monoisotopic (exact) mass is 590 g/mol. The van der Waals surface area contributed by atoms with Gasteiger partial charge in [0.05, 0.1) is 48.2 Å². The van der Waals surface area contributed by atoms with Gasteiger partial charge in [0.1, 0.15) is 11.6 Å². The Hall–Kier alpha value is -4.01. The van der Waals surface area contributed by atoms with Crippen molar-refractivity contribution in [3.05, 3.63) is 46.6 Å². The lowest BCUT2D eigenvalue weighted by Gasteiger charge is -2.38. The van der Waals surface area contributed by atoms with Crippen molar-refractivity contribution in [2.24, 2.45) is 4.99 Å². The van der Waals surface area contributed by atoms with Gasteiger partial charge in [-0.15, -0.1) is 4.80 Å². The third kappa shape index (κ3) is 6.76. The number of amides is 3. The Kier molecular flexibility index (Phi) is 8.71. The van der Waals surface area contributed by atoms with E-state index < -0.39 is 23.8 Å². The highest BCUT2D eigenvalue weighted by Crippen LogP contribution is 2.30. The molecule has 4 rings (SSSR count). The van der Waals surface area contributed by atoms with E-state index in [1.807, 2.05) is 0 Å². The van der Waals surface area contributed by atoms with E-state index >= 15 is 0 Å². The number of allylic oxidation sites excluding steroid dienone is 1. The van der Waals surface area contributed by atoms with E-state index in [1.165, 1.54) is 45.1 Å². The summed E-state index contributed by atoms with van der Waals surface area (Å²) >= 11 is 12.5. The molecule has 0 aromatic carbocycles. The van der Waals surface area contributed by atoms with Crippen LogP contribution in [0.2, 0.25) is 10.2 Å². The van der Waals surface area contributed by atoms with Gasteiger partial charge >= 0.3 is 12.1 Å². The standard InChI is InChI=1S/C24H28Cl2N10O4/c1-14(31-22(37)32-15-10-16(25)21(28-12-15)36-29-6-7-30-36)20(35-19(27-5)11-18(26)33-35)17-13-39-9-8-34(17)23(38)40-24(2,3)4/h6-7,10-12,17H,5,8-9,13H2,1-4H3,(H2,31,32,37)/b20-14+. The number of nitrogens with zero attached hydrogens (tertiary/aromatic N) is 8. The first kappa shape index (κ1) is 29.0. The van der Waals surface area contributed by atoms with Crippen LogP contribution in [-0.2, 0) is 9.47 Å². The van der Waals surface area contributed by atoms with Crippen LogP contribution in [0, 0.1) is 0 Å². The van der Waals surface area contributed by atoms with Crippen LogP contribution >= 0.6 is 23.2 Å². The van der Waals surface area contributed by atoms with Crippen molar-refractivity contribution in [2.45, 2.75) is 39.3 Å². The number of rotatable bonds is 6. The van der Waals surface area contributed by atoms with Gasteiger partial charge in [-0.2, -0.15) is 15.3 Å². The number of nitrogens with one attached hydrogen (secondary N) is 2. The van der Waals surface area contributed by atoms with E-state index in [-0.39, 0.29) is 23.3 Å². The second kappa shape index (κ2) is 12.0. The molecule has 1 fully saturated rings. The summed E-state index contributed by atoms with van der Waals surface area (Å²) in [6.07, 6.45) is 3.85. The number of hydrogen-bond donors (Lipinski definition) is 2. The van der Waals surface area contributed by atoms with Gasteiger partial charge in [0.15, 0.2) is 16.8 Å². The quantitative estimate of drug-likeness (QED) is 0.406. The molecule has 2 N–H and O–H groups in total. The van der Waals surface area contributed by atoms with Gasteiger partial charge in [-0.3, -0.25) is 4.90 Å². The van der Waals surface area contributed by atoms with E-state index in [0.717, 1.165) is 0 Å². The van der Waals surface area contributed by atoms with Gasteiger partial charge in [-0.1, -0.05) is 23.2 Å². The number of urea groups is 1. The molecule has 0 saturated carbocycles. The third-order valence-electron chi connectivity index (χ3n) is 5.50. The second-order valence-corrected chi connectivity index (χ2v) is 10.4. The summed E-state index contributed by atoms with van der Waals surface area (Å²) in [7, 11) is 0. The molecule has 212 valence electrons. The normalized spacial score (nSPS) is 16.2. The summed E-state index contributed by atoms with van der Waals surface area (Å²) in [5.41, 5.74) is 0.312. The zero-order valence-electron chi connectivity index (χ0n) is 22.3. The predicted molar refractivity (Wildman–Crippen MR) is 149 cm³/mol. The number of aliphatic imine (C=N–C) groups is 1. The number of carbonyl (C=O) groups is 2. The molecule has 1 aliphatic rings. The minimum atomic E-state index is -0.724. The lowest BCUT2D eigenvalue weighted by atomic mass is 10.1. The van der Waals surface area contributed by atoms with E-state index in [4.69, 9.17) is 32.7 Å². The van der Waals surface area contributed by atoms with Crippen molar-refractivity contribution in [3.63, 3.8) is 0 Å². The molecular weight excluding hydrogens is 563 g/mol. The smallest absolute Gasteiger partial charge is 0.411 e. The summed E-state index contributed by atoms with van der Waals surface area (Å²) in [6.45, 7) is 11.2. The molecule has 0 radical (unpaired) electrons. The van der Waals surface area contributed by atoms with Crippen LogP contribution in [0.5, 0.6) is 0 Å². The topological polar surface area (TPSA) is 154 Å². The number of halogens is 2. The first-order chi connectivity index (χ1) is 19.0.